The number of allylic oxidation sites excluding steroid dienone is 5. The van der Waals surface area contributed by atoms with Crippen molar-refractivity contribution in [2.45, 2.75) is 92.0 Å². The van der Waals surface area contributed by atoms with Gasteiger partial charge in [0.25, 0.3) is 0 Å². The molecule has 36 heavy (non-hydrogen) atoms. The van der Waals surface area contributed by atoms with Crippen molar-refractivity contribution < 1.29 is 22.7 Å². The number of halogens is 3. The molecule has 0 atom stereocenters. The van der Waals surface area contributed by atoms with Crippen LogP contribution < -0.4 is 4.90 Å². The van der Waals surface area contributed by atoms with Crippen molar-refractivity contribution in [3.8, 4) is 0 Å². The number of hydrogen-bond acceptors (Lipinski definition) is 4. The number of amides is 1. The Hall–Kier alpha value is -2.77. The zero-order valence-electron chi connectivity index (χ0n) is 22.6. The number of carbonyl (C=O) groups is 1. The van der Waals surface area contributed by atoms with E-state index in [4.69, 9.17) is 4.74 Å². The van der Waals surface area contributed by atoms with Gasteiger partial charge in [0, 0.05) is 36.6 Å². The summed E-state index contributed by atoms with van der Waals surface area (Å²) >= 11 is 0. The number of pyridine rings is 1. The maximum absolute atomic E-state index is 13.3. The molecular weight excluding hydrogens is 467 g/mol. The first kappa shape index (κ1) is 29.5. The molecule has 1 aliphatic rings. The minimum absolute atomic E-state index is 0.0232. The number of ether oxygens (including phenoxy) is 1. The summed E-state index contributed by atoms with van der Waals surface area (Å²) in [5.41, 5.74) is 2.43. The molecule has 8 heteroatoms. The van der Waals surface area contributed by atoms with Gasteiger partial charge >= 0.3 is 12.3 Å². The Balaban J connectivity index is 2.51. The maximum Gasteiger partial charge on any atom is 0.412 e. The number of rotatable bonds is 7. The fourth-order valence-electron chi connectivity index (χ4n) is 3.97. The molecule has 1 aromatic heterocycles. The molecule has 200 valence electrons. The molecule has 1 amide bonds. The lowest BCUT2D eigenvalue weighted by Crippen LogP contribution is -2.48. The first-order chi connectivity index (χ1) is 16.8. The number of aryl methyl sites for hydroxylation is 1. The molecule has 1 saturated heterocycles. The Bertz CT molecular complexity index is 982. The van der Waals surface area contributed by atoms with Crippen LogP contribution in [0.4, 0.5) is 23.7 Å². The summed E-state index contributed by atoms with van der Waals surface area (Å²) in [5, 5.41) is 0. The Labute approximate surface area is 213 Å². The topological polar surface area (TPSA) is 45.7 Å². The number of hydrogen-bond donors (Lipinski definition) is 0. The molecule has 0 saturated carbocycles. The van der Waals surface area contributed by atoms with E-state index in [-0.39, 0.29) is 12.1 Å². The van der Waals surface area contributed by atoms with E-state index in [0.717, 1.165) is 42.7 Å². The van der Waals surface area contributed by atoms with Crippen molar-refractivity contribution >= 4 is 11.8 Å². The van der Waals surface area contributed by atoms with Gasteiger partial charge in [-0.2, -0.15) is 13.2 Å². The molecule has 1 fully saturated rings. The molecule has 0 spiro atoms. The molecule has 2 heterocycles. The van der Waals surface area contributed by atoms with Crippen LogP contribution in [0.5, 0.6) is 0 Å². The third kappa shape index (κ3) is 8.42. The van der Waals surface area contributed by atoms with Gasteiger partial charge in [0.1, 0.15) is 5.60 Å². The van der Waals surface area contributed by atoms with Gasteiger partial charge in [-0.1, -0.05) is 25.5 Å². The molecular formula is C28H40F3N3O2. The van der Waals surface area contributed by atoms with Crippen molar-refractivity contribution in [1.29, 1.82) is 0 Å². The number of piperidine rings is 1. The number of nitrogens with zero attached hydrogens (tertiary/aromatic N) is 3. The summed E-state index contributed by atoms with van der Waals surface area (Å²) in [6.45, 7) is 13.6. The fourth-order valence-corrected chi connectivity index (χ4v) is 3.97. The van der Waals surface area contributed by atoms with E-state index in [0.29, 0.717) is 31.6 Å². The smallest absolute Gasteiger partial charge is 0.412 e. The minimum Gasteiger partial charge on any atom is -0.444 e. The number of alkyl halides is 3. The number of carbonyl (C=O) groups excluding carboxylic acids is 1. The van der Waals surface area contributed by atoms with Gasteiger partial charge < -0.3 is 14.5 Å². The van der Waals surface area contributed by atoms with Gasteiger partial charge in [0.15, 0.2) is 0 Å². The maximum atomic E-state index is 13.3. The molecule has 5 nitrogen and oxygen atoms in total. The van der Waals surface area contributed by atoms with Crippen molar-refractivity contribution in [3.63, 3.8) is 0 Å². The van der Waals surface area contributed by atoms with Crippen LogP contribution in [0, 0.1) is 0 Å². The minimum atomic E-state index is -4.39. The number of anilines is 1. The summed E-state index contributed by atoms with van der Waals surface area (Å²) in [7, 11) is 0. The Morgan fingerprint density at radius 1 is 1.17 bits per heavy atom. The highest BCUT2D eigenvalue weighted by Crippen LogP contribution is 2.33. The average molecular weight is 508 g/mol. The van der Waals surface area contributed by atoms with Gasteiger partial charge in [-0.25, -0.2) is 4.79 Å². The standard InChI is InChI=1S/C28H40F3N3O2/c1-8-20(3)18-24(11-10-21(4)28(29,30)31)34(25-19-32-15-12-22(25)9-2)23-13-16-33(17-14-23)26(35)36-27(5,6)7/h10-12,15,18-19,23H,8-9,13-14,16-17H2,1-7H3/b20-18+,21-10+,24-11+. The molecule has 0 N–H and O–H groups in total. The van der Waals surface area contributed by atoms with Crippen LogP contribution in [0.25, 0.3) is 0 Å². The molecule has 1 aromatic rings. The van der Waals surface area contributed by atoms with Crippen LogP contribution in [-0.2, 0) is 11.2 Å². The predicted octanol–water partition coefficient (Wildman–Crippen LogP) is 7.60. The molecule has 2 rings (SSSR count). The summed E-state index contributed by atoms with van der Waals surface area (Å²) in [6, 6.07) is 1.92. The van der Waals surface area contributed by atoms with E-state index in [1.807, 2.05) is 53.7 Å². The second-order valence-electron chi connectivity index (χ2n) is 10.2. The van der Waals surface area contributed by atoms with Crippen LogP contribution in [0.2, 0.25) is 0 Å². The van der Waals surface area contributed by atoms with Crippen LogP contribution in [0.3, 0.4) is 0 Å². The molecule has 0 unspecified atom stereocenters. The zero-order valence-corrected chi connectivity index (χ0v) is 22.6. The fraction of sp³-hybridized carbons (Fsp3) is 0.571. The van der Waals surface area contributed by atoms with Gasteiger partial charge in [0.2, 0.25) is 0 Å². The highest BCUT2D eigenvalue weighted by molar-refractivity contribution is 5.68. The van der Waals surface area contributed by atoms with Crippen LogP contribution in [0.1, 0.15) is 73.3 Å². The Morgan fingerprint density at radius 3 is 2.33 bits per heavy atom. The van der Waals surface area contributed by atoms with Crippen LogP contribution >= 0.6 is 0 Å². The van der Waals surface area contributed by atoms with Crippen molar-refractivity contribution in [3.05, 3.63) is 59.1 Å². The largest absolute Gasteiger partial charge is 0.444 e. The SMILES string of the molecule is CC/C(C)=C/C(=C\C=C(/C)C(F)(F)F)N(c1cnccc1CC)C1CCN(C(=O)OC(C)(C)C)CC1. The normalized spacial score (nSPS) is 16.8. The summed E-state index contributed by atoms with van der Waals surface area (Å²) < 4.78 is 45.4. The number of likely N-dealkylation sites (tertiary alicyclic amines) is 1. The van der Waals surface area contributed by atoms with Gasteiger partial charge in [-0.05, 0) is 84.1 Å². The number of aromatic nitrogens is 1. The lowest BCUT2D eigenvalue weighted by molar-refractivity contribution is -0.0913. The third-order valence-electron chi connectivity index (χ3n) is 6.19. The van der Waals surface area contributed by atoms with Crippen LogP contribution in [0.15, 0.2) is 53.5 Å². The second kappa shape index (κ2) is 12.5. The van der Waals surface area contributed by atoms with Gasteiger partial charge in [0.05, 0.1) is 11.9 Å². The van der Waals surface area contributed by atoms with E-state index in [9.17, 15) is 18.0 Å². The van der Waals surface area contributed by atoms with Crippen molar-refractivity contribution in [2.24, 2.45) is 0 Å². The Morgan fingerprint density at radius 2 is 1.81 bits per heavy atom. The first-order valence-corrected chi connectivity index (χ1v) is 12.6. The lowest BCUT2D eigenvalue weighted by Gasteiger charge is -2.41. The molecule has 1 aliphatic heterocycles. The van der Waals surface area contributed by atoms with Crippen molar-refractivity contribution in [2.75, 3.05) is 18.0 Å². The summed E-state index contributed by atoms with van der Waals surface area (Å²) in [4.78, 5) is 20.7. The average Bonchev–Trinajstić information content (AvgIpc) is 2.81. The second-order valence-corrected chi connectivity index (χ2v) is 10.2. The molecule has 0 aliphatic carbocycles. The van der Waals surface area contributed by atoms with E-state index in [1.54, 1.807) is 23.4 Å². The van der Waals surface area contributed by atoms with Crippen LogP contribution in [-0.4, -0.2) is 46.9 Å². The summed E-state index contributed by atoms with van der Waals surface area (Å²) in [6.07, 6.45) is 6.25. The first-order valence-electron chi connectivity index (χ1n) is 12.6. The Kier molecular flexibility index (Phi) is 10.2. The van der Waals surface area contributed by atoms with E-state index in [2.05, 4.69) is 9.88 Å². The van der Waals surface area contributed by atoms with Gasteiger partial charge in [-0.3, -0.25) is 4.98 Å². The van der Waals surface area contributed by atoms with Gasteiger partial charge in [-0.15, -0.1) is 0 Å². The third-order valence-corrected chi connectivity index (χ3v) is 6.19. The van der Waals surface area contributed by atoms with E-state index >= 15 is 0 Å². The zero-order chi connectivity index (χ0) is 27.1. The summed E-state index contributed by atoms with van der Waals surface area (Å²) in [5.74, 6) is 0. The monoisotopic (exact) mass is 507 g/mol. The highest BCUT2D eigenvalue weighted by atomic mass is 19.4. The van der Waals surface area contributed by atoms with E-state index in [1.165, 1.54) is 0 Å². The lowest BCUT2D eigenvalue weighted by atomic mass is 9.99. The predicted molar refractivity (Wildman–Crippen MR) is 139 cm³/mol. The quantitative estimate of drug-likeness (QED) is 0.357. The van der Waals surface area contributed by atoms with E-state index < -0.39 is 17.4 Å². The highest BCUT2D eigenvalue weighted by Gasteiger charge is 2.32. The molecule has 0 bridgehead atoms. The molecule has 0 aromatic carbocycles. The van der Waals surface area contributed by atoms with Crippen molar-refractivity contribution in [1.82, 2.24) is 9.88 Å². The molecule has 0 radical (unpaired) electrons.